The average Bonchev–Trinajstić information content (AvgIpc) is 2.75. The van der Waals surface area contributed by atoms with Crippen molar-refractivity contribution in [3.63, 3.8) is 0 Å². The summed E-state index contributed by atoms with van der Waals surface area (Å²) in [6.45, 7) is 0.577. The molecule has 0 saturated heterocycles. The molecular formula is C13H14BrN3OS. The molecule has 0 unspecified atom stereocenters. The predicted molar refractivity (Wildman–Crippen MR) is 80.6 cm³/mol. The van der Waals surface area contributed by atoms with Crippen LogP contribution in [0.4, 0.5) is 0 Å². The Morgan fingerprint density at radius 3 is 2.95 bits per heavy atom. The third-order valence-corrected chi connectivity index (χ3v) is 3.53. The number of amides is 1. The molecule has 0 radical (unpaired) electrons. The molecule has 19 heavy (non-hydrogen) atoms. The number of benzene rings is 1. The number of carbonyl (C=O) groups excluding carboxylic acids is 1. The minimum Gasteiger partial charge on any atom is -0.352 e. The number of aryl methyl sites for hydroxylation is 1. The van der Waals surface area contributed by atoms with E-state index in [0.29, 0.717) is 17.0 Å². The molecule has 0 spiro atoms. The summed E-state index contributed by atoms with van der Waals surface area (Å²) in [5, 5.41) is 6.96. The smallest absolute Gasteiger partial charge is 0.252 e. The van der Waals surface area contributed by atoms with Crippen LogP contribution in [0.15, 0.2) is 40.0 Å². The molecule has 1 N–H and O–H groups in total. The summed E-state index contributed by atoms with van der Waals surface area (Å²) >= 11 is 7.64. The van der Waals surface area contributed by atoms with Crippen LogP contribution in [0, 0.1) is 0 Å². The van der Waals surface area contributed by atoms with Crippen molar-refractivity contribution < 1.29 is 4.79 Å². The first-order chi connectivity index (χ1) is 9.06. The molecule has 1 aromatic carbocycles. The summed E-state index contributed by atoms with van der Waals surface area (Å²) in [6, 6.07) is 5.39. The van der Waals surface area contributed by atoms with Crippen molar-refractivity contribution in [3.8, 4) is 0 Å². The Balaban J connectivity index is 1.90. The molecule has 1 aromatic heterocycles. The van der Waals surface area contributed by atoms with Crippen LogP contribution in [0.1, 0.15) is 15.9 Å². The van der Waals surface area contributed by atoms with Crippen LogP contribution < -0.4 is 5.32 Å². The fraction of sp³-hybridized carbons (Fsp3) is 0.231. The highest BCUT2D eigenvalue weighted by Crippen LogP contribution is 2.19. The summed E-state index contributed by atoms with van der Waals surface area (Å²) in [5.74, 6) is -0.110. The number of halogens is 1. The largest absolute Gasteiger partial charge is 0.352 e. The van der Waals surface area contributed by atoms with E-state index >= 15 is 0 Å². The monoisotopic (exact) mass is 339 g/mol. The van der Waals surface area contributed by atoms with E-state index in [1.165, 1.54) is 0 Å². The number of nitrogens with one attached hydrogen (secondary N) is 1. The summed E-state index contributed by atoms with van der Waals surface area (Å²) in [4.78, 5) is 12.6. The fourth-order valence-corrected chi connectivity index (χ4v) is 2.57. The van der Waals surface area contributed by atoms with Crippen molar-refractivity contribution in [1.29, 1.82) is 0 Å². The highest BCUT2D eigenvalue weighted by Gasteiger charge is 2.09. The van der Waals surface area contributed by atoms with Crippen LogP contribution in [0.2, 0.25) is 0 Å². The Morgan fingerprint density at radius 1 is 1.53 bits per heavy atom. The average molecular weight is 340 g/mol. The molecule has 2 aromatic rings. The Hall–Kier alpha value is -1.27. The van der Waals surface area contributed by atoms with Crippen LogP contribution in [0.5, 0.6) is 0 Å². The van der Waals surface area contributed by atoms with Gasteiger partial charge in [0.15, 0.2) is 0 Å². The van der Waals surface area contributed by atoms with Crippen LogP contribution in [0.3, 0.4) is 0 Å². The van der Waals surface area contributed by atoms with Crippen LogP contribution in [-0.2, 0) is 13.5 Å². The predicted octanol–water partition coefficient (Wildman–Crippen LogP) is 2.44. The van der Waals surface area contributed by atoms with Crippen LogP contribution in [0.25, 0.3) is 0 Å². The maximum absolute atomic E-state index is 12.0. The first kappa shape index (κ1) is 14.1. The van der Waals surface area contributed by atoms with E-state index in [-0.39, 0.29) is 5.91 Å². The molecule has 6 heteroatoms. The summed E-state index contributed by atoms with van der Waals surface area (Å²) in [6.07, 6.45) is 4.50. The molecule has 1 heterocycles. The van der Waals surface area contributed by atoms with Crippen molar-refractivity contribution in [2.45, 2.75) is 11.3 Å². The fourth-order valence-electron chi connectivity index (χ4n) is 1.71. The van der Waals surface area contributed by atoms with E-state index in [1.54, 1.807) is 23.0 Å². The molecule has 2 rings (SSSR count). The third-order valence-electron chi connectivity index (χ3n) is 2.66. The molecule has 0 aliphatic carbocycles. The second kappa shape index (κ2) is 6.25. The molecule has 0 aliphatic rings. The second-order valence-electron chi connectivity index (χ2n) is 4.19. The topological polar surface area (TPSA) is 46.9 Å². The van der Waals surface area contributed by atoms with Gasteiger partial charge < -0.3 is 5.32 Å². The molecule has 0 aliphatic heterocycles. The van der Waals surface area contributed by atoms with Gasteiger partial charge in [-0.05, 0) is 30.2 Å². The molecule has 1 amide bonds. The molecule has 0 atom stereocenters. The second-order valence-corrected chi connectivity index (χ2v) is 5.59. The third kappa shape index (κ3) is 3.84. The van der Waals surface area contributed by atoms with Gasteiger partial charge in [-0.3, -0.25) is 9.48 Å². The number of thiol groups is 1. The van der Waals surface area contributed by atoms with Gasteiger partial charge in [-0.1, -0.05) is 15.9 Å². The zero-order valence-electron chi connectivity index (χ0n) is 10.4. The minimum atomic E-state index is -0.110. The van der Waals surface area contributed by atoms with Crippen molar-refractivity contribution in [2.24, 2.45) is 7.05 Å². The molecule has 100 valence electrons. The minimum absolute atomic E-state index is 0.110. The van der Waals surface area contributed by atoms with E-state index in [0.717, 1.165) is 16.5 Å². The van der Waals surface area contributed by atoms with Gasteiger partial charge in [0.05, 0.1) is 11.8 Å². The maximum atomic E-state index is 12.0. The highest BCUT2D eigenvalue weighted by atomic mass is 79.9. The van der Waals surface area contributed by atoms with Crippen molar-refractivity contribution in [3.05, 3.63) is 46.2 Å². The number of rotatable bonds is 4. The maximum Gasteiger partial charge on any atom is 0.252 e. The Bertz CT molecular complexity index is 597. The van der Waals surface area contributed by atoms with Gasteiger partial charge in [-0.25, -0.2) is 0 Å². The zero-order chi connectivity index (χ0) is 13.8. The number of hydrogen-bond donors (Lipinski definition) is 2. The molecule has 4 nitrogen and oxygen atoms in total. The normalized spacial score (nSPS) is 10.5. The van der Waals surface area contributed by atoms with E-state index in [4.69, 9.17) is 0 Å². The highest BCUT2D eigenvalue weighted by molar-refractivity contribution is 9.10. The lowest BCUT2D eigenvalue weighted by molar-refractivity contribution is 0.0951. The number of aromatic nitrogens is 2. The van der Waals surface area contributed by atoms with Crippen LogP contribution in [-0.4, -0.2) is 22.2 Å². The van der Waals surface area contributed by atoms with Gasteiger partial charge in [-0.15, -0.1) is 12.6 Å². The van der Waals surface area contributed by atoms with Gasteiger partial charge in [0.1, 0.15) is 0 Å². The van der Waals surface area contributed by atoms with Crippen LogP contribution >= 0.6 is 28.6 Å². The molecule has 0 saturated carbocycles. The van der Waals surface area contributed by atoms with E-state index in [2.05, 4.69) is 39.0 Å². The number of carbonyl (C=O) groups is 1. The van der Waals surface area contributed by atoms with E-state index in [1.807, 2.05) is 19.3 Å². The molecule has 0 bridgehead atoms. The van der Waals surface area contributed by atoms with Gasteiger partial charge in [-0.2, -0.15) is 5.10 Å². The Morgan fingerprint density at radius 2 is 2.32 bits per heavy atom. The lowest BCUT2D eigenvalue weighted by Gasteiger charge is -2.07. The summed E-state index contributed by atoms with van der Waals surface area (Å²) in [5.41, 5.74) is 1.68. The number of nitrogens with zero attached hydrogens (tertiary/aromatic N) is 2. The Labute approximate surface area is 125 Å². The molecular weight excluding hydrogens is 326 g/mol. The standard InChI is InChI=1S/C13H14BrN3OS/c1-17-8-9(7-16-17)4-5-15-13(18)11-3-2-10(14)6-12(11)19/h2-3,6-8,19H,4-5H2,1H3,(H,15,18). The quantitative estimate of drug-likeness (QED) is 0.840. The SMILES string of the molecule is Cn1cc(CCNC(=O)c2ccc(Br)cc2S)cn1. The first-order valence-corrected chi connectivity index (χ1v) is 7.04. The van der Waals surface area contributed by atoms with Gasteiger partial charge in [0.2, 0.25) is 0 Å². The van der Waals surface area contributed by atoms with Crippen molar-refractivity contribution in [1.82, 2.24) is 15.1 Å². The lowest BCUT2D eigenvalue weighted by Crippen LogP contribution is -2.26. The van der Waals surface area contributed by atoms with E-state index < -0.39 is 0 Å². The summed E-state index contributed by atoms with van der Waals surface area (Å²) in [7, 11) is 1.87. The van der Waals surface area contributed by atoms with Crippen molar-refractivity contribution in [2.75, 3.05) is 6.54 Å². The first-order valence-electron chi connectivity index (χ1n) is 5.80. The summed E-state index contributed by atoms with van der Waals surface area (Å²) < 4.78 is 2.65. The molecule has 0 fully saturated rings. The van der Waals surface area contributed by atoms with Crippen molar-refractivity contribution >= 4 is 34.5 Å². The zero-order valence-corrected chi connectivity index (χ0v) is 12.9. The van der Waals surface area contributed by atoms with E-state index in [9.17, 15) is 4.79 Å². The Kier molecular flexibility index (Phi) is 4.66. The number of hydrogen-bond acceptors (Lipinski definition) is 3. The van der Waals surface area contributed by atoms with Gasteiger partial charge in [0.25, 0.3) is 5.91 Å². The van der Waals surface area contributed by atoms with Gasteiger partial charge in [0, 0.05) is 29.2 Å². The lowest BCUT2D eigenvalue weighted by atomic mass is 10.2. The van der Waals surface area contributed by atoms with Gasteiger partial charge >= 0.3 is 0 Å².